The van der Waals surface area contributed by atoms with Gasteiger partial charge in [0, 0.05) is 53.2 Å². The van der Waals surface area contributed by atoms with Crippen LogP contribution < -0.4 is 5.32 Å². The molecule has 6 nitrogen and oxygen atoms in total. The third-order valence-corrected chi connectivity index (χ3v) is 8.50. The highest BCUT2D eigenvalue weighted by molar-refractivity contribution is 7.17. The molecule has 2 aromatic rings. The van der Waals surface area contributed by atoms with Crippen LogP contribution in [0.3, 0.4) is 0 Å². The normalized spacial score (nSPS) is 17.5. The van der Waals surface area contributed by atoms with Gasteiger partial charge >= 0.3 is 5.97 Å². The van der Waals surface area contributed by atoms with Crippen molar-refractivity contribution in [2.45, 2.75) is 45.1 Å². The molecule has 9 heteroatoms. The van der Waals surface area contributed by atoms with Crippen molar-refractivity contribution in [3.63, 3.8) is 0 Å². The summed E-state index contributed by atoms with van der Waals surface area (Å²) in [5, 5.41) is 5.02. The van der Waals surface area contributed by atoms with Gasteiger partial charge in [-0.3, -0.25) is 14.6 Å². The van der Waals surface area contributed by atoms with Crippen LogP contribution in [0.25, 0.3) is 0 Å². The van der Waals surface area contributed by atoms with Gasteiger partial charge in [0.1, 0.15) is 5.00 Å². The van der Waals surface area contributed by atoms with Gasteiger partial charge in [-0.15, -0.1) is 11.3 Å². The molecule has 1 fully saturated rings. The molecule has 0 bridgehead atoms. The summed E-state index contributed by atoms with van der Waals surface area (Å²) in [7, 11) is 1.40. The number of rotatable bonds is 6. The standard InChI is InChI=1S/C25H31Cl2N3O3S/c1-33-25(32)23-17-7-4-2-3-5-10-21(17)34-24(23)28-22(31)16-30-13-11-29(12-14-30)15-18-19(26)8-6-9-20(18)27/h6,8-9H,2-5,7,10-16H2,1H3,(H,28,31). The lowest BCUT2D eigenvalue weighted by molar-refractivity contribution is -0.117. The van der Waals surface area contributed by atoms with Gasteiger partial charge in [-0.05, 0) is 43.4 Å². The molecule has 0 radical (unpaired) electrons. The lowest BCUT2D eigenvalue weighted by Crippen LogP contribution is -2.48. The van der Waals surface area contributed by atoms with Crippen LogP contribution in [-0.4, -0.2) is 61.5 Å². The van der Waals surface area contributed by atoms with Crippen LogP contribution in [0.4, 0.5) is 5.00 Å². The van der Waals surface area contributed by atoms with Crippen molar-refractivity contribution in [1.82, 2.24) is 9.80 Å². The average Bonchev–Trinajstić information content (AvgIpc) is 3.12. The number of fused-ring (bicyclic) bond motifs is 1. The highest BCUT2D eigenvalue weighted by Gasteiger charge is 2.27. The summed E-state index contributed by atoms with van der Waals surface area (Å²) >= 11 is 14.2. The maximum Gasteiger partial charge on any atom is 0.341 e. The predicted molar refractivity (Wildman–Crippen MR) is 138 cm³/mol. The van der Waals surface area contributed by atoms with Crippen molar-refractivity contribution in [2.75, 3.05) is 45.2 Å². The number of carbonyl (C=O) groups excluding carboxylic acids is 2. The lowest BCUT2D eigenvalue weighted by atomic mass is 9.96. The molecular formula is C25H31Cl2N3O3S. The van der Waals surface area contributed by atoms with Crippen LogP contribution in [-0.2, 0) is 28.9 Å². The molecule has 0 atom stereocenters. The van der Waals surface area contributed by atoms with Crippen LogP contribution in [0.5, 0.6) is 0 Å². The summed E-state index contributed by atoms with van der Waals surface area (Å²) in [6.45, 7) is 4.21. The number of benzene rings is 1. The topological polar surface area (TPSA) is 61.9 Å². The molecule has 0 unspecified atom stereocenters. The maximum atomic E-state index is 12.9. The van der Waals surface area contributed by atoms with Crippen LogP contribution in [0.2, 0.25) is 10.0 Å². The van der Waals surface area contributed by atoms with E-state index in [9.17, 15) is 9.59 Å². The van der Waals surface area contributed by atoms with Gasteiger partial charge in [-0.1, -0.05) is 42.1 Å². The quantitative estimate of drug-likeness (QED) is 0.523. The van der Waals surface area contributed by atoms with E-state index in [1.54, 1.807) is 0 Å². The first kappa shape index (κ1) is 25.5. The SMILES string of the molecule is COC(=O)c1c(NC(=O)CN2CCN(Cc3c(Cl)cccc3Cl)CC2)sc2c1CCCCCC2. The number of methoxy groups -OCH3 is 1. The lowest BCUT2D eigenvalue weighted by Gasteiger charge is -2.34. The minimum absolute atomic E-state index is 0.0954. The molecule has 1 aromatic heterocycles. The van der Waals surface area contributed by atoms with E-state index in [-0.39, 0.29) is 11.9 Å². The van der Waals surface area contributed by atoms with Gasteiger partial charge in [0.25, 0.3) is 0 Å². The fourth-order valence-corrected chi connectivity index (χ4v) is 6.52. The number of carbonyl (C=O) groups is 2. The average molecular weight is 525 g/mol. The number of nitrogens with zero attached hydrogens (tertiary/aromatic N) is 2. The summed E-state index contributed by atoms with van der Waals surface area (Å²) < 4.78 is 5.06. The molecule has 1 aliphatic carbocycles. The van der Waals surface area contributed by atoms with Crippen LogP contribution in [0.1, 0.15) is 52.0 Å². The molecule has 1 amide bonds. The van der Waals surface area contributed by atoms with E-state index in [1.807, 2.05) is 18.2 Å². The Labute approximate surface area is 215 Å². The molecule has 0 spiro atoms. The fourth-order valence-electron chi connectivity index (χ4n) is 4.71. The Kier molecular flexibility index (Phi) is 8.88. The van der Waals surface area contributed by atoms with Crippen molar-refractivity contribution in [3.05, 3.63) is 49.8 Å². The van der Waals surface area contributed by atoms with Crippen LogP contribution >= 0.6 is 34.5 Å². The Bertz CT molecular complexity index is 1010. The van der Waals surface area contributed by atoms with E-state index in [1.165, 1.54) is 36.2 Å². The molecule has 4 rings (SSSR count). The number of halogens is 2. The number of ether oxygens (including phenoxy) is 1. The van der Waals surface area contributed by atoms with Gasteiger partial charge in [-0.2, -0.15) is 0 Å². The monoisotopic (exact) mass is 523 g/mol. The van der Waals surface area contributed by atoms with Crippen molar-refractivity contribution in [2.24, 2.45) is 0 Å². The van der Waals surface area contributed by atoms with Gasteiger partial charge in [0.05, 0.1) is 19.2 Å². The zero-order valence-electron chi connectivity index (χ0n) is 19.5. The van der Waals surface area contributed by atoms with Gasteiger partial charge in [0.2, 0.25) is 5.91 Å². The maximum absolute atomic E-state index is 12.9. The number of thiophene rings is 1. The number of hydrogen-bond donors (Lipinski definition) is 1. The van der Waals surface area contributed by atoms with E-state index in [0.29, 0.717) is 33.7 Å². The van der Waals surface area contributed by atoms with E-state index >= 15 is 0 Å². The zero-order valence-corrected chi connectivity index (χ0v) is 21.8. The van der Waals surface area contributed by atoms with E-state index in [0.717, 1.165) is 63.0 Å². The summed E-state index contributed by atoms with van der Waals surface area (Å²) in [5.41, 5.74) is 2.57. The first-order chi connectivity index (χ1) is 16.5. The van der Waals surface area contributed by atoms with E-state index in [4.69, 9.17) is 27.9 Å². The summed E-state index contributed by atoms with van der Waals surface area (Å²) in [6, 6.07) is 5.57. The molecule has 1 aliphatic heterocycles. The van der Waals surface area contributed by atoms with Crippen LogP contribution in [0.15, 0.2) is 18.2 Å². The second-order valence-corrected chi connectivity index (χ2v) is 10.8. The first-order valence-electron chi connectivity index (χ1n) is 11.9. The minimum atomic E-state index is -0.361. The molecule has 0 saturated carbocycles. The van der Waals surface area contributed by atoms with E-state index in [2.05, 4.69) is 15.1 Å². The Balaban J connectivity index is 1.35. The summed E-state index contributed by atoms with van der Waals surface area (Å²) in [5.74, 6) is -0.456. The number of hydrogen-bond acceptors (Lipinski definition) is 6. The van der Waals surface area contributed by atoms with Crippen molar-refractivity contribution in [1.29, 1.82) is 0 Å². The summed E-state index contributed by atoms with van der Waals surface area (Å²) in [4.78, 5) is 31.1. The van der Waals surface area contributed by atoms with Crippen molar-refractivity contribution >= 4 is 51.4 Å². The number of esters is 1. The Hall–Kier alpha value is -1.64. The first-order valence-corrected chi connectivity index (χ1v) is 13.4. The van der Waals surface area contributed by atoms with Gasteiger partial charge < -0.3 is 10.1 Å². The second-order valence-electron chi connectivity index (χ2n) is 8.91. The highest BCUT2D eigenvalue weighted by Crippen LogP contribution is 2.37. The number of nitrogens with one attached hydrogen (secondary N) is 1. The number of amides is 1. The number of aryl methyl sites for hydroxylation is 1. The Morgan fingerprint density at radius 1 is 1.00 bits per heavy atom. The predicted octanol–water partition coefficient (Wildman–Crippen LogP) is 5.26. The molecule has 184 valence electrons. The molecule has 1 aromatic carbocycles. The molecular weight excluding hydrogens is 493 g/mol. The zero-order chi connectivity index (χ0) is 24.1. The minimum Gasteiger partial charge on any atom is -0.465 e. The Morgan fingerprint density at radius 2 is 1.65 bits per heavy atom. The van der Waals surface area contributed by atoms with Crippen molar-refractivity contribution in [3.8, 4) is 0 Å². The number of piperazine rings is 1. The Morgan fingerprint density at radius 3 is 2.32 bits per heavy atom. The smallest absolute Gasteiger partial charge is 0.341 e. The second kappa shape index (κ2) is 11.9. The molecule has 34 heavy (non-hydrogen) atoms. The molecule has 1 N–H and O–H groups in total. The van der Waals surface area contributed by atoms with Crippen LogP contribution in [0, 0.1) is 0 Å². The fraction of sp³-hybridized carbons (Fsp3) is 0.520. The van der Waals surface area contributed by atoms with Gasteiger partial charge in [-0.25, -0.2) is 4.79 Å². The molecule has 2 heterocycles. The highest BCUT2D eigenvalue weighted by atomic mass is 35.5. The largest absolute Gasteiger partial charge is 0.465 e. The van der Waals surface area contributed by atoms with E-state index < -0.39 is 0 Å². The molecule has 1 saturated heterocycles. The van der Waals surface area contributed by atoms with Crippen molar-refractivity contribution < 1.29 is 14.3 Å². The number of anilines is 1. The third kappa shape index (κ3) is 6.13. The van der Waals surface area contributed by atoms with Gasteiger partial charge in [0.15, 0.2) is 0 Å². The third-order valence-electron chi connectivity index (χ3n) is 6.59. The molecule has 2 aliphatic rings. The summed E-state index contributed by atoms with van der Waals surface area (Å²) in [6.07, 6.45) is 6.38.